The lowest BCUT2D eigenvalue weighted by molar-refractivity contribution is 0.0690. The Morgan fingerprint density at radius 3 is 2.61 bits per heavy atom. The number of amides is 1. The van der Waals surface area contributed by atoms with E-state index < -0.39 is 0 Å². The average molecular weight is 260 g/mol. The molecule has 2 aliphatic rings. The number of nitrogens with zero attached hydrogens (tertiary/aromatic N) is 3. The second kappa shape index (κ2) is 3.82. The molecule has 1 amide bonds. The molecule has 1 spiro atoms. The molecule has 1 aromatic carbocycles. The summed E-state index contributed by atoms with van der Waals surface area (Å²) < 4.78 is 0. The van der Waals surface area contributed by atoms with Crippen LogP contribution in [0, 0.1) is 11.3 Å². The van der Waals surface area contributed by atoms with E-state index in [-0.39, 0.29) is 11.4 Å². The van der Waals surface area contributed by atoms with Gasteiger partial charge in [-0.25, -0.2) is 5.01 Å². The lowest BCUT2D eigenvalue weighted by atomic mass is 10.1. The van der Waals surface area contributed by atoms with Crippen molar-refractivity contribution in [2.75, 3.05) is 0 Å². The van der Waals surface area contributed by atoms with Gasteiger partial charge in [0, 0.05) is 17.0 Å². The van der Waals surface area contributed by atoms with Crippen molar-refractivity contribution >= 4 is 23.2 Å². The van der Waals surface area contributed by atoms with Crippen molar-refractivity contribution in [3.8, 4) is 6.07 Å². The minimum atomic E-state index is -0.220. The second-order valence-electron chi connectivity index (χ2n) is 4.68. The molecule has 1 heterocycles. The van der Waals surface area contributed by atoms with Crippen molar-refractivity contribution in [3.63, 3.8) is 0 Å². The van der Waals surface area contributed by atoms with Crippen molar-refractivity contribution in [1.29, 1.82) is 5.26 Å². The van der Waals surface area contributed by atoms with Gasteiger partial charge in [0.1, 0.15) is 11.8 Å². The van der Waals surface area contributed by atoms with Gasteiger partial charge in [-0.15, -0.1) is 0 Å². The third-order valence-electron chi connectivity index (χ3n) is 3.41. The predicted molar refractivity (Wildman–Crippen MR) is 67.3 cm³/mol. The highest BCUT2D eigenvalue weighted by molar-refractivity contribution is 6.30. The zero-order chi connectivity index (χ0) is 12.8. The molecule has 1 saturated carbocycles. The molecule has 4 nitrogen and oxygen atoms in total. The van der Waals surface area contributed by atoms with Crippen molar-refractivity contribution in [2.45, 2.75) is 24.8 Å². The van der Waals surface area contributed by atoms with Crippen LogP contribution in [0.4, 0.5) is 0 Å². The summed E-state index contributed by atoms with van der Waals surface area (Å²) in [5.74, 6) is -0.158. The van der Waals surface area contributed by atoms with E-state index in [1.54, 1.807) is 24.3 Å². The fourth-order valence-electron chi connectivity index (χ4n) is 2.22. The Kier molecular flexibility index (Phi) is 2.39. The molecule has 1 aliphatic carbocycles. The molecule has 1 aromatic rings. The molecule has 0 bridgehead atoms. The van der Waals surface area contributed by atoms with Crippen molar-refractivity contribution in [1.82, 2.24) is 5.01 Å². The number of rotatable bonds is 1. The molecule has 0 radical (unpaired) electrons. The first-order chi connectivity index (χ1) is 8.64. The molecule has 0 saturated heterocycles. The maximum Gasteiger partial charge on any atom is 0.274 e. The van der Waals surface area contributed by atoms with Crippen molar-refractivity contribution < 1.29 is 4.79 Å². The van der Waals surface area contributed by atoms with Gasteiger partial charge in [0.25, 0.3) is 5.91 Å². The van der Waals surface area contributed by atoms with E-state index in [0.717, 1.165) is 12.8 Å². The van der Waals surface area contributed by atoms with Gasteiger partial charge in [-0.3, -0.25) is 4.79 Å². The fraction of sp³-hybridized carbons (Fsp3) is 0.308. The molecule has 1 aliphatic heterocycles. The number of benzene rings is 1. The van der Waals surface area contributed by atoms with Crippen LogP contribution in [-0.2, 0) is 0 Å². The summed E-state index contributed by atoms with van der Waals surface area (Å²) in [7, 11) is 0. The Morgan fingerprint density at radius 1 is 1.39 bits per heavy atom. The summed E-state index contributed by atoms with van der Waals surface area (Å²) >= 11 is 5.79. The smallest absolute Gasteiger partial charge is 0.267 e. The van der Waals surface area contributed by atoms with Crippen LogP contribution in [0.2, 0.25) is 5.02 Å². The van der Waals surface area contributed by atoms with E-state index >= 15 is 0 Å². The van der Waals surface area contributed by atoms with Crippen LogP contribution in [-0.4, -0.2) is 22.2 Å². The molecule has 5 heteroatoms. The maximum absolute atomic E-state index is 12.3. The third-order valence-corrected chi connectivity index (χ3v) is 3.66. The zero-order valence-electron chi connectivity index (χ0n) is 9.56. The fourth-order valence-corrected chi connectivity index (χ4v) is 2.35. The number of hydrogen-bond donors (Lipinski definition) is 0. The quantitative estimate of drug-likeness (QED) is 0.778. The van der Waals surface area contributed by atoms with Gasteiger partial charge in [-0.05, 0) is 37.1 Å². The highest BCUT2D eigenvalue weighted by Gasteiger charge is 2.55. The van der Waals surface area contributed by atoms with Crippen molar-refractivity contribution in [2.24, 2.45) is 5.10 Å². The Hall–Kier alpha value is -1.86. The number of halogens is 1. The molecule has 0 aromatic heterocycles. The molecule has 3 rings (SSSR count). The van der Waals surface area contributed by atoms with Crippen LogP contribution < -0.4 is 0 Å². The van der Waals surface area contributed by atoms with Crippen LogP contribution in [0.1, 0.15) is 29.6 Å². The first kappa shape index (κ1) is 11.2. The van der Waals surface area contributed by atoms with Crippen LogP contribution in [0.25, 0.3) is 0 Å². The van der Waals surface area contributed by atoms with Gasteiger partial charge < -0.3 is 0 Å². The summed E-state index contributed by atoms with van der Waals surface area (Å²) in [6.45, 7) is 0. The first-order valence-corrected chi connectivity index (χ1v) is 6.10. The number of hydrazone groups is 1. The van der Waals surface area contributed by atoms with E-state index in [4.69, 9.17) is 16.9 Å². The van der Waals surface area contributed by atoms with Gasteiger partial charge in [0.05, 0.1) is 5.54 Å². The highest BCUT2D eigenvalue weighted by Crippen LogP contribution is 2.49. The predicted octanol–water partition coefficient (Wildman–Crippen LogP) is 2.60. The zero-order valence-corrected chi connectivity index (χ0v) is 10.3. The summed E-state index contributed by atoms with van der Waals surface area (Å²) in [5.41, 5.74) is 0.769. The Morgan fingerprint density at radius 2 is 2.06 bits per heavy atom. The lowest BCUT2D eigenvalue weighted by Crippen LogP contribution is -2.34. The molecule has 0 atom stereocenters. The van der Waals surface area contributed by atoms with Crippen LogP contribution in [0.5, 0.6) is 0 Å². The minimum Gasteiger partial charge on any atom is -0.267 e. The molecule has 0 unspecified atom stereocenters. The summed E-state index contributed by atoms with van der Waals surface area (Å²) in [5, 5.41) is 15.1. The largest absolute Gasteiger partial charge is 0.274 e. The Balaban J connectivity index is 1.91. The number of nitriles is 1. The molecule has 0 N–H and O–H groups in total. The van der Waals surface area contributed by atoms with Gasteiger partial charge in [0.2, 0.25) is 0 Å². The van der Waals surface area contributed by atoms with E-state index in [0.29, 0.717) is 22.7 Å². The van der Waals surface area contributed by atoms with Crippen LogP contribution >= 0.6 is 11.6 Å². The van der Waals surface area contributed by atoms with Crippen LogP contribution in [0.3, 0.4) is 0 Å². The lowest BCUT2D eigenvalue weighted by Gasteiger charge is -2.20. The van der Waals surface area contributed by atoms with E-state index in [2.05, 4.69) is 5.10 Å². The topological polar surface area (TPSA) is 56.5 Å². The first-order valence-electron chi connectivity index (χ1n) is 5.72. The van der Waals surface area contributed by atoms with Crippen LogP contribution in [0.15, 0.2) is 29.4 Å². The highest BCUT2D eigenvalue weighted by atomic mass is 35.5. The SMILES string of the molecule is N#CC1=NN(C(=O)c2ccc(Cl)cc2)C2(CC2)C1. The molecular formula is C13H10ClN3O. The van der Waals surface area contributed by atoms with Gasteiger partial charge in [-0.1, -0.05) is 11.6 Å². The number of carbonyl (C=O) groups is 1. The Labute approximate surface area is 109 Å². The molecular weight excluding hydrogens is 250 g/mol. The van der Waals surface area contributed by atoms with E-state index in [1.807, 2.05) is 6.07 Å². The number of hydrogen-bond acceptors (Lipinski definition) is 3. The van der Waals surface area contributed by atoms with E-state index in [1.165, 1.54) is 5.01 Å². The molecule has 18 heavy (non-hydrogen) atoms. The third kappa shape index (κ3) is 1.68. The van der Waals surface area contributed by atoms with Gasteiger partial charge in [-0.2, -0.15) is 10.4 Å². The number of carbonyl (C=O) groups excluding carboxylic acids is 1. The average Bonchev–Trinajstić information content (AvgIpc) is 3.03. The second-order valence-corrected chi connectivity index (χ2v) is 5.12. The summed E-state index contributed by atoms with van der Waals surface area (Å²) in [6, 6.07) is 8.76. The van der Waals surface area contributed by atoms with Gasteiger partial charge >= 0.3 is 0 Å². The maximum atomic E-state index is 12.3. The molecule has 90 valence electrons. The Bertz CT molecular complexity index is 581. The monoisotopic (exact) mass is 259 g/mol. The normalized spacial score (nSPS) is 19.6. The van der Waals surface area contributed by atoms with Crippen molar-refractivity contribution in [3.05, 3.63) is 34.9 Å². The molecule has 1 fully saturated rings. The van der Waals surface area contributed by atoms with E-state index in [9.17, 15) is 4.79 Å². The standard InChI is InChI=1S/C13H10ClN3O/c14-10-3-1-9(2-4-10)12(18)17-13(5-6-13)7-11(8-15)16-17/h1-4H,5-7H2. The van der Waals surface area contributed by atoms with Gasteiger partial charge in [0.15, 0.2) is 0 Å². The summed E-state index contributed by atoms with van der Waals surface area (Å²) in [4.78, 5) is 12.3. The minimum absolute atomic E-state index is 0.158. The summed E-state index contributed by atoms with van der Waals surface area (Å²) in [6.07, 6.45) is 2.42.